The molecule has 0 unspecified atom stereocenters. The van der Waals surface area contributed by atoms with Crippen molar-refractivity contribution in [3.63, 3.8) is 0 Å². The molecule has 2 aromatic heterocycles. The maximum atomic E-state index is 5.94. The zero-order chi connectivity index (χ0) is 12.1. The third kappa shape index (κ3) is 3.42. The Kier molecular flexibility index (Phi) is 3.93. The van der Waals surface area contributed by atoms with Gasteiger partial charge in [-0.2, -0.15) is 0 Å². The zero-order valence-electron chi connectivity index (χ0n) is 9.57. The summed E-state index contributed by atoms with van der Waals surface area (Å²) in [6.07, 6.45) is 5.24. The quantitative estimate of drug-likeness (QED) is 0.801. The predicted octanol–water partition coefficient (Wildman–Crippen LogP) is 2.42. The van der Waals surface area contributed by atoms with Crippen LogP contribution in [-0.4, -0.2) is 19.9 Å². The monoisotopic (exact) mass is 251 g/mol. The van der Waals surface area contributed by atoms with Crippen molar-refractivity contribution in [1.82, 2.24) is 19.9 Å². The first-order valence-electron chi connectivity index (χ1n) is 5.52. The summed E-state index contributed by atoms with van der Waals surface area (Å²) in [6, 6.07) is 1.72. The van der Waals surface area contributed by atoms with Gasteiger partial charge in [0.25, 0.3) is 0 Å². The van der Waals surface area contributed by atoms with Crippen LogP contribution in [0.15, 0.2) is 18.6 Å². The third-order valence-electron chi connectivity index (χ3n) is 2.23. The molecule has 0 bridgehead atoms. The molecule has 0 saturated carbocycles. The van der Waals surface area contributed by atoms with E-state index in [1.165, 1.54) is 0 Å². The Bertz CT molecular complexity index is 469. The van der Waals surface area contributed by atoms with E-state index in [0.29, 0.717) is 11.7 Å². The fourth-order valence-electron chi connectivity index (χ4n) is 1.46. The van der Waals surface area contributed by atoms with Crippen LogP contribution in [0.3, 0.4) is 0 Å². The highest BCUT2D eigenvalue weighted by molar-refractivity contribution is 6.29. The summed E-state index contributed by atoms with van der Waals surface area (Å²) in [4.78, 5) is 15.5. The molecule has 0 aliphatic rings. The van der Waals surface area contributed by atoms with E-state index in [0.717, 1.165) is 30.2 Å². The van der Waals surface area contributed by atoms with E-state index in [1.807, 2.05) is 0 Å². The van der Waals surface area contributed by atoms with Gasteiger partial charge in [0.1, 0.15) is 16.8 Å². The topological polar surface area (TPSA) is 66.5 Å². The maximum absolute atomic E-state index is 5.94. The van der Waals surface area contributed by atoms with E-state index in [-0.39, 0.29) is 0 Å². The molecule has 0 saturated heterocycles. The molecule has 0 aliphatic carbocycles. The van der Waals surface area contributed by atoms with Gasteiger partial charge in [-0.15, -0.1) is 0 Å². The van der Waals surface area contributed by atoms with Gasteiger partial charge in [-0.3, -0.25) is 0 Å². The molecule has 2 N–H and O–H groups in total. The van der Waals surface area contributed by atoms with E-state index >= 15 is 0 Å². The van der Waals surface area contributed by atoms with E-state index in [1.54, 1.807) is 18.6 Å². The lowest BCUT2D eigenvalue weighted by Gasteiger charge is -2.06. The molecule has 6 heteroatoms. The van der Waals surface area contributed by atoms with Crippen molar-refractivity contribution in [2.24, 2.45) is 0 Å². The van der Waals surface area contributed by atoms with E-state index in [4.69, 9.17) is 11.6 Å². The molecule has 0 amide bonds. The Morgan fingerprint density at radius 2 is 2.29 bits per heavy atom. The van der Waals surface area contributed by atoms with Crippen LogP contribution in [-0.2, 0) is 13.0 Å². The minimum absolute atomic E-state index is 0.468. The number of aryl methyl sites for hydroxylation is 1. The molecule has 0 spiro atoms. The SMILES string of the molecule is CCCc1nc(Cl)cc(NCc2cnc[nH]2)n1. The van der Waals surface area contributed by atoms with Crippen molar-refractivity contribution in [2.45, 2.75) is 26.3 Å². The van der Waals surface area contributed by atoms with Crippen molar-refractivity contribution >= 4 is 17.4 Å². The number of aromatic nitrogens is 4. The van der Waals surface area contributed by atoms with Gasteiger partial charge in [-0.1, -0.05) is 18.5 Å². The third-order valence-corrected chi connectivity index (χ3v) is 2.42. The molecule has 0 fully saturated rings. The number of anilines is 1. The van der Waals surface area contributed by atoms with Gasteiger partial charge in [0.15, 0.2) is 0 Å². The van der Waals surface area contributed by atoms with Crippen molar-refractivity contribution < 1.29 is 0 Å². The molecule has 0 aliphatic heterocycles. The van der Waals surface area contributed by atoms with Gasteiger partial charge in [-0.25, -0.2) is 15.0 Å². The Hall–Kier alpha value is -1.62. The summed E-state index contributed by atoms with van der Waals surface area (Å²) >= 11 is 5.94. The van der Waals surface area contributed by atoms with Gasteiger partial charge >= 0.3 is 0 Å². The highest BCUT2D eigenvalue weighted by atomic mass is 35.5. The van der Waals surface area contributed by atoms with Crippen LogP contribution in [0.4, 0.5) is 5.82 Å². The highest BCUT2D eigenvalue weighted by Gasteiger charge is 2.03. The van der Waals surface area contributed by atoms with Crippen molar-refractivity contribution in [1.29, 1.82) is 0 Å². The van der Waals surface area contributed by atoms with Gasteiger partial charge in [0, 0.05) is 18.7 Å². The normalized spacial score (nSPS) is 10.5. The molecule has 17 heavy (non-hydrogen) atoms. The number of nitrogens with zero attached hydrogens (tertiary/aromatic N) is 3. The standard InChI is InChI=1S/C11H14ClN5/c1-2-3-10-16-9(12)4-11(17-10)14-6-8-5-13-7-15-8/h4-5,7H,2-3,6H2,1H3,(H,13,15)(H,14,16,17). The minimum atomic E-state index is 0.468. The lowest BCUT2D eigenvalue weighted by molar-refractivity contribution is 0.833. The number of rotatable bonds is 5. The fourth-order valence-corrected chi connectivity index (χ4v) is 1.66. The van der Waals surface area contributed by atoms with Crippen molar-refractivity contribution in [3.05, 3.63) is 35.3 Å². The highest BCUT2D eigenvalue weighted by Crippen LogP contribution is 2.13. The smallest absolute Gasteiger partial charge is 0.134 e. The van der Waals surface area contributed by atoms with Gasteiger partial charge in [0.2, 0.25) is 0 Å². The fraction of sp³-hybridized carbons (Fsp3) is 0.364. The predicted molar refractivity (Wildman–Crippen MR) is 67.0 cm³/mol. The molecule has 90 valence electrons. The van der Waals surface area contributed by atoms with Crippen molar-refractivity contribution in [2.75, 3.05) is 5.32 Å². The molecule has 0 atom stereocenters. The summed E-state index contributed by atoms with van der Waals surface area (Å²) < 4.78 is 0. The van der Waals surface area contributed by atoms with Crippen LogP contribution < -0.4 is 5.32 Å². The van der Waals surface area contributed by atoms with Gasteiger partial charge in [0.05, 0.1) is 18.6 Å². The second-order valence-electron chi connectivity index (χ2n) is 3.67. The lowest BCUT2D eigenvalue weighted by Crippen LogP contribution is -2.04. The van der Waals surface area contributed by atoms with Crippen LogP contribution in [0.1, 0.15) is 24.9 Å². The average molecular weight is 252 g/mol. The Morgan fingerprint density at radius 1 is 1.41 bits per heavy atom. The minimum Gasteiger partial charge on any atom is -0.364 e. The summed E-state index contributed by atoms with van der Waals surface area (Å²) in [7, 11) is 0. The number of imidazole rings is 1. The molecule has 2 rings (SSSR count). The van der Waals surface area contributed by atoms with Crippen LogP contribution in [0.25, 0.3) is 0 Å². The van der Waals surface area contributed by atoms with E-state index < -0.39 is 0 Å². The largest absolute Gasteiger partial charge is 0.364 e. The first kappa shape index (κ1) is 11.9. The summed E-state index contributed by atoms with van der Waals surface area (Å²) in [6.45, 7) is 2.72. The zero-order valence-corrected chi connectivity index (χ0v) is 10.3. The van der Waals surface area contributed by atoms with E-state index in [2.05, 4.69) is 32.2 Å². The molecule has 2 heterocycles. The molecule has 0 aromatic carbocycles. The van der Waals surface area contributed by atoms with Crippen LogP contribution >= 0.6 is 11.6 Å². The van der Waals surface area contributed by atoms with Crippen LogP contribution in [0.5, 0.6) is 0 Å². The molecular weight excluding hydrogens is 238 g/mol. The Morgan fingerprint density at radius 3 is 3.00 bits per heavy atom. The van der Waals surface area contributed by atoms with Gasteiger partial charge in [-0.05, 0) is 6.42 Å². The Labute approximate surface area is 105 Å². The van der Waals surface area contributed by atoms with Crippen LogP contribution in [0, 0.1) is 0 Å². The van der Waals surface area contributed by atoms with Crippen molar-refractivity contribution in [3.8, 4) is 0 Å². The second-order valence-corrected chi connectivity index (χ2v) is 4.06. The lowest BCUT2D eigenvalue weighted by atomic mass is 10.3. The number of aromatic amines is 1. The molecule has 2 aromatic rings. The number of hydrogen-bond acceptors (Lipinski definition) is 4. The van der Waals surface area contributed by atoms with E-state index in [9.17, 15) is 0 Å². The maximum Gasteiger partial charge on any atom is 0.134 e. The molecule has 5 nitrogen and oxygen atoms in total. The number of halogens is 1. The summed E-state index contributed by atoms with van der Waals surface area (Å²) in [5.41, 5.74) is 0.997. The summed E-state index contributed by atoms with van der Waals surface area (Å²) in [5, 5.41) is 3.65. The first-order valence-corrected chi connectivity index (χ1v) is 5.90. The number of nitrogens with one attached hydrogen (secondary N) is 2. The first-order chi connectivity index (χ1) is 8.28. The molecule has 0 radical (unpaired) electrons. The number of H-pyrrole nitrogens is 1. The summed E-state index contributed by atoms with van der Waals surface area (Å²) in [5.74, 6) is 1.51. The van der Waals surface area contributed by atoms with Crippen LogP contribution in [0.2, 0.25) is 5.15 Å². The second kappa shape index (κ2) is 5.63. The molecular formula is C11H14ClN5. The average Bonchev–Trinajstić information content (AvgIpc) is 2.79. The Balaban J connectivity index is 2.04. The number of hydrogen-bond donors (Lipinski definition) is 2. The van der Waals surface area contributed by atoms with Gasteiger partial charge < -0.3 is 10.3 Å².